The zero-order chi connectivity index (χ0) is 19.4. The number of fused-ring (bicyclic) bond motifs is 1. The summed E-state index contributed by atoms with van der Waals surface area (Å²) in [6.07, 6.45) is 1.47. The van der Waals surface area contributed by atoms with Crippen LogP contribution in [0.2, 0.25) is 0 Å². The van der Waals surface area contributed by atoms with Gasteiger partial charge in [-0.2, -0.15) is 0 Å². The maximum atomic E-state index is 9.38. The maximum absolute atomic E-state index is 9.38. The molecule has 0 saturated carbocycles. The van der Waals surface area contributed by atoms with E-state index in [0.29, 0.717) is 18.9 Å². The van der Waals surface area contributed by atoms with Gasteiger partial charge in [-0.05, 0) is 67.1 Å². The molecular weight excluding hydrogens is 336 g/mol. The Hall–Kier alpha value is -2.33. The topological polar surface area (TPSA) is 47.3 Å². The van der Waals surface area contributed by atoms with Gasteiger partial charge < -0.3 is 14.4 Å². The van der Waals surface area contributed by atoms with Crippen molar-refractivity contribution in [2.24, 2.45) is 0 Å². The van der Waals surface area contributed by atoms with Gasteiger partial charge in [-0.1, -0.05) is 26.0 Å². The normalized spacial score (nSPS) is 11.5. The van der Waals surface area contributed by atoms with Gasteiger partial charge in [0.1, 0.15) is 11.6 Å². The van der Waals surface area contributed by atoms with E-state index in [-0.39, 0.29) is 6.61 Å². The predicted molar refractivity (Wildman–Crippen MR) is 111 cm³/mol. The lowest BCUT2D eigenvalue weighted by atomic mass is 10.0. The van der Waals surface area contributed by atoms with Gasteiger partial charge in [0.25, 0.3) is 0 Å². The Morgan fingerprint density at radius 1 is 1.07 bits per heavy atom. The van der Waals surface area contributed by atoms with E-state index in [4.69, 9.17) is 9.72 Å². The molecule has 1 N–H and O–H groups in total. The van der Waals surface area contributed by atoms with Gasteiger partial charge in [-0.3, -0.25) is 0 Å². The molecule has 27 heavy (non-hydrogen) atoms. The second-order valence-electron chi connectivity index (χ2n) is 7.50. The van der Waals surface area contributed by atoms with Gasteiger partial charge in [-0.25, -0.2) is 4.98 Å². The molecule has 0 unspecified atom stereocenters. The number of aliphatic hydroxyl groups excluding tert-OH is 1. The Labute approximate surface area is 161 Å². The predicted octanol–water partition coefficient (Wildman–Crippen LogP) is 4.78. The third-order valence-corrected chi connectivity index (χ3v) is 5.12. The molecule has 1 aromatic heterocycles. The number of aliphatic hydroxyl groups is 1. The number of aryl methyl sites for hydroxylation is 3. The number of hydrogen-bond acceptors (Lipinski definition) is 3. The molecule has 2 aromatic carbocycles. The molecule has 0 fully saturated rings. The van der Waals surface area contributed by atoms with Crippen molar-refractivity contribution in [1.29, 1.82) is 0 Å². The van der Waals surface area contributed by atoms with Crippen LogP contribution in [-0.4, -0.2) is 27.9 Å². The molecule has 0 amide bonds. The monoisotopic (exact) mass is 366 g/mol. The highest BCUT2D eigenvalue weighted by Crippen LogP contribution is 2.22. The number of aromatic nitrogens is 2. The largest absolute Gasteiger partial charge is 0.494 e. The molecule has 0 spiro atoms. The fourth-order valence-electron chi connectivity index (χ4n) is 3.33. The van der Waals surface area contributed by atoms with Crippen molar-refractivity contribution in [2.75, 3.05) is 13.2 Å². The molecule has 144 valence electrons. The average Bonchev–Trinajstić information content (AvgIpc) is 2.96. The summed E-state index contributed by atoms with van der Waals surface area (Å²) in [4.78, 5) is 4.73. The lowest BCUT2D eigenvalue weighted by Crippen LogP contribution is -2.09. The molecule has 3 rings (SSSR count). The zero-order valence-corrected chi connectivity index (χ0v) is 16.8. The number of nitrogens with zero attached hydrogens (tertiary/aromatic N) is 2. The number of benzene rings is 2. The van der Waals surface area contributed by atoms with Crippen LogP contribution in [0.25, 0.3) is 11.0 Å². The van der Waals surface area contributed by atoms with Crippen LogP contribution in [0.3, 0.4) is 0 Å². The molecule has 0 saturated heterocycles. The average molecular weight is 367 g/mol. The van der Waals surface area contributed by atoms with Crippen molar-refractivity contribution in [3.8, 4) is 5.75 Å². The van der Waals surface area contributed by atoms with E-state index in [1.165, 1.54) is 16.7 Å². The summed E-state index contributed by atoms with van der Waals surface area (Å²) in [5, 5.41) is 9.38. The minimum absolute atomic E-state index is 0.111. The molecule has 0 bridgehead atoms. The van der Waals surface area contributed by atoms with Crippen LogP contribution < -0.4 is 4.74 Å². The molecule has 1 heterocycles. The Balaban J connectivity index is 1.67. The third kappa shape index (κ3) is 4.51. The molecule has 0 aliphatic heterocycles. The van der Waals surface area contributed by atoms with Crippen molar-refractivity contribution >= 4 is 11.0 Å². The number of rotatable bonds is 8. The van der Waals surface area contributed by atoms with E-state index in [0.717, 1.165) is 35.6 Å². The van der Waals surface area contributed by atoms with Crippen LogP contribution in [0.4, 0.5) is 0 Å². The fourth-order valence-corrected chi connectivity index (χ4v) is 3.33. The van der Waals surface area contributed by atoms with Gasteiger partial charge in [0, 0.05) is 13.0 Å². The quantitative estimate of drug-likeness (QED) is 0.584. The molecular formula is C23H30N2O2. The van der Waals surface area contributed by atoms with E-state index < -0.39 is 0 Å². The summed E-state index contributed by atoms with van der Waals surface area (Å²) in [6, 6.07) is 12.7. The lowest BCUT2D eigenvalue weighted by molar-refractivity contribution is 0.289. The lowest BCUT2D eigenvalue weighted by Gasteiger charge is -2.11. The summed E-state index contributed by atoms with van der Waals surface area (Å²) >= 11 is 0. The first-order valence-electron chi connectivity index (χ1n) is 9.79. The molecule has 0 aliphatic carbocycles. The zero-order valence-electron chi connectivity index (χ0n) is 16.8. The minimum Gasteiger partial charge on any atom is -0.494 e. The van der Waals surface area contributed by atoms with Crippen molar-refractivity contribution in [3.63, 3.8) is 0 Å². The molecule has 0 aliphatic rings. The van der Waals surface area contributed by atoms with Gasteiger partial charge in [-0.15, -0.1) is 0 Å². The summed E-state index contributed by atoms with van der Waals surface area (Å²) in [5.74, 6) is 2.39. The summed E-state index contributed by atoms with van der Waals surface area (Å²) in [7, 11) is 0. The highest BCUT2D eigenvalue weighted by molar-refractivity contribution is 5.78. The standard InChI is InChI=1S/C23H30N2O2/c1-16(2)19-6-8-20(9-7-19)27-13-5-11-25-22-15-18(4)17(3)14-21(22)24-23(25)10-12-26/h6-9,14-16,26H,5,10-13H2,1-4H3. The van der Waals surface area contributed by atoms with E-state index in [1.54, 1.807) is 0 Å². The molecule has 4 heteroatoms. The Morgan fingerprint density at radius 2 is 1.78 bits per heavy atom. The summed E-state index contributed by atoms with van der Waals surface area (Å²) < 4.78 is 8.14. The number of ether oxygens (including phenoxy) is 1. The van der Waals surface area contributed by atoms with E-state index in [1.807, 2.05) is 12.1 Å². The Kier molecular flexibility index (Phi) is 6.17. The smallest absolute Gasteiger partial charge is 0.119 e. The first-order chi connectivity index (χ1) is 13.0. The van der Waals surface area contributed by atoms with E-state index >= 15 is 0 Å². The third-order valence-electron chi connectivity index (χ3n) is 5.12. The van der Waals surface area contributed by atoms with Crippen molar-refractivity contribution in [2.45, 2.75) is 53.0 Å². The first kappa shape index (κ1) is 19.4. The van der Waals surface area contributed by atoms with Crippen LogP contribution in [0.5, 0.6) is 5.75 Å². The van der Waals surface area contributed by atoms with Crippen LogP contribution in [0.1, 0.15) is 48.7 Å². The van der Waals surface area contributed by atoms with Crippen LogP contribution >= 0.6 is 0 Å². The highest BCUT2D eigenvalue weighted by Gasteiger charge is 2.11. The van der Waals surface area contributed by atoms with Gasteiger partial charge in [0.2, 0.25) is 0 Å². The SMILES string of the molecule is Cc1cc2nc(CCO)n(CCCOc3ccc(C(C)C)cc3)c2cc1C. The first-order valence-corrected chi connectivity index (χ1v) is 9.79. The van der Waals surface area contributed by atoms with Gasteiger partial charge in [0.05, 0.1) is 24.2 Å². The minimum atomic E-state index is 0.111. The molecule has 3 aromatic rings. The molecule has 4 nitrogen and oxygen atoms in total. The van der Waals surface area contributed by atoms with Crippen LogP contribution in [0, 0.1) is 13.8 Å². The summed E-state index contributed by atoms with van der Waals surface area (Å²) in [5.41, 5.74) is 5.98. The van der Waals surface area contributed by atoms with E-state index in [2.05, 4.69) is 56.5 Å². The van der Waals surface area contributed by atoms with Crippen LogP contribution in [-0.2, 0) is 13.0 Å². The summed E-state index contributed by atoms with van der Waals surface area (Å²) in [6.45, 7) is 10.2. The second-order valence-corrected chi connectivity index (χ2v) is 7.50. The second kappa shape index (κ2) is 8.57. The molecule has 0 radical (unpaired) electrons. The highest BCUT2D eigenvalue weighted by atomic mass is 16.5. The Bertz CT molecular complexity index is 895. The van der Waals surface area contributed by atoms with Crippen molar-refractivity contribution in [1.82, 2.24) is 9.55 Å². The Morgan fingerprint density at radius 3 is 2.44 bits per heavy atom. The van der Waals surface area contributed by atoms with Crippen molar-refractivity contribution < 1.29 is 9.84 Å². The number of imidazole rings is 1. The number of hydrogen-bond donors (Lipinski definition) is 1. The van der Waals surface area contributed by atoms with Crippen molar-refractivity contribution in [3.05, 3.63) is 58.9 Å². The van der Waals surface area contributed by atoms with Gasteiger partial charge in [0.15, 0.2) is 0 Å². The van der Waals surface area contributed by atoms with Crippen LogP contribution in [0.15, 0.2) is 36.4 Å². The van der Waals surface area contributed by atoms with Gasteiger partial charge >= 0.3 is 0 Å². The van der Waals surface area contributed by atoms with E-state index in [9.17, 15) is 5.11 Å². The molecule has 0 atom stereocenters. The maximum Gasteiger partial charge on any atom is 0.119 e. The fraction of sp³-hybridized carbons (Fsp3) is 0.435.